The van der Waals surface area contributed by atoms with Crippen LogP contribution in [-0.4, -0.2) is 19.7 Å². The lowest BCUT2D eigenvalue weighted by Gasteiger charge is -2.22. The summed E-state index contributed by atoms with van der Waals surface area (Å²) in [6, 6.07) is 20.3. The van der Waals surface area contributed by atoms with Crippen LogP contribution in [0, 0.1) is 10.1 Å². The zero-order chi connectivity index (χ0) is 20.6. The van der Waals surface area contributed by atoms with Crippen molar-refractivity contribution in [3.8, 4) is 11.3 Å². The number of hydrogen-bond donors (Lipinski definition) is 1. The van der Waals surface area contributed by atoms with Crippen LogP contribution in [0.2, 0.25) is 0 Å². The van der Waals surface area contributed by atoms with Crippen molar-refractivity contribution in [3.63, 3.8) is 0 Å². The van der Waals surface area contributed by atoms with Crippen molar-refractivity contribution in [3.05, 3.63) is 76.8 Å². The lowest BCUT2D eigenvalue weighted by atomic mass is 10.1. The highest BCUT2D eigenvalue weighted by Crippen LogP contribution is 2.30. The second-order valence-electron chi connectivity index (χ2n) is 7.82. The third-order valence-electron chi connectivity index (χ3n) is 4.57. The van der Waals surface area contributed by atoms with Gasteiger partial charge in [0, 0.05) is 29.1 Å². The number of non-ortho nitro benzene ring substituents is 1. The van der Waals surface area contributed by atoms with Crippen LogP contribution in [0.25, 0.3) is 22.2 Å². The fraction of sp³-hybridized carbons (Fsp3) is 0.182. The molecule has 0 aliphatic heterocycles. The number of fused-ring (bicyclic) bond motifs is 1. The summed E-state index contributed by atoms with van der Waals surface area (Å²) >= 11 is 0. The molecule has 0 aliphatic carbocycles. The number of nitrogens with zero attached hydrogens (tertiary/aromatic N) is 4. The molecular formula is C22H21N5O2. The summed E-state index contributed by atoms with van der Waals surface area (Å²) in [6.07, 6.45) is 0. The van der Waals surface area contributed by atoms with Crippen LogP contribution >= 0.6 is 0 Å². The van der Waals surface area contributed by atoms with Gasteiger partial charge in [-0.25, -0.2) is 9.67 Å². The van der Waals surface area contributed by atoms with E-state index in [9.17, 15) is 10.1 Å². The van der Waals surface area contributed by atoms with E-state index in [1.807, 2.05) is 47.1 Å². The first kappa shape index (κ1) is 18.6. The second kappa shape index (κ2) is 7.01. The summed E-state index contributed by atoms with van der Waals surface area (Å²) in [5.41, 5.74) is 2.25. The molecule has 4 rings (SSSR count). The Morgan fingerprint density at radius 3 is 2.41 bits per heavy atom. The van der Waals surface area contributed by atoms with Gasteiger partial charge < -0.3 is 5.32 Å². The zero-order valence-corrected chi connectivity index (χ0v) is 16.5. The number of para-hydroxylation sites is 1. The summed E-state index contributed by atoms with van der Waals surface area (Å²) in [5.74, 6) is 1.53. The predicted octanol–water partition coefficient (Wildman–Crippen LogP) is 5.51. The summed E-state index contributed by atoms with van der Waals surface area (Å²) in [4.78, 5) is 15.2. The number of rotatable bonds is 4. The number of hydrogen-bond acceptors (Lipinski definition) is 5. The van der Waals surface area contributed by atoms with Gasteiger partial charge in [0.15, 0.2) is 0 Å². The van der Waals surface area contributed by atoms with Gasteiger partial charge in [-0.1, -0.05) is 18.2 Å². The Balaban J connectivity index is 1.72. The number of nitro benzene ring substituents is 1. The van der Waals surface area contributed by atoms with Crippen molar-refractivity contribution < 1.29 is 4.92 Å². The number of anilines is 2. The fourth-order valence-corrected chi connectivity index (χ4v) is 3.14. The van der Waals surface area contributed by atoms with Gasteiger partial charge in [0.2, 0.25) is 0 Å². The summed E-state index contributed by atoms with van der Waals surface area (Å²) in [7, 11) is 0. The molecule has 0 saturated carbocycles. The molecule has 2 heterocycles. The highest BCUT2D eigenvalue weighted by atomic mass is 16.6. The van der Waals surface area contributed by atoms with E-state index < -0.39 is 4.92 Å². The average Bonchev–Trinajstić information content (AvgIpc) is 3.12. The van der Waals surface area contributed by atoms with E-state index >= 15 is 0 Å². The standard InChI is InChI=1S/C22H21N5O2/c1-22(2,3)26-21(24-20-13-10-15-6-4-5-7-18(15)23-20)14-19(25-26)16-8-11-17(12-9-16)27(28)29/h4-14H,1-3H3,(H,23,24). The molecular weight excluding hydrogens is 366 g/mol. The van der Waals surface area contributed by atoms with Crippen LogP contribution < -0.4 is 5.32 Å². The molecule has 7 heteroatoms. The van der Waals surface area contributed by atoms with Crippen LogP contribution in [0.15, 0.2) is 66.7 Å². The van der Waals surface area contributed by atoms with E-state index in [1.165, 1.54) is 12.1 Å². The molecule has 0 bridgehead atoms. The third kappa shape index (κ3) is 3.80. The maximum absolute atomic E-state index is 10.9. The molecule has 0 amide bonds. The molecule has 29 heavy (non-hydrogen) atoms. The van der Waals surface area contributed by atoms with Gasteiger partial charge in [-0.15, -0.1) is 0 Å². The van der Waals surface area contributed by atoms with E-state index in [0.717, 1.165) is 33.8 Å². The van der Waals surface area contributed by atoms with E-state index in [2.05, 4.69) is 31.1 Å². The number of nitro groups is 1. The molecule has 0 unspecified atom stereocenters. The topological polar surface area (TPSA) is 85.9 Å². The molecule has 4 aromatic rings. The van der Waals surface area contributed by atoms with Gasteiger partial charge in [-0.05, 0) is 51.1 Å². The normalized spacial score (nSPS) is 11.6. The first-order chi connectivity index (χ1) is 13.8. The lowest BCUT2D eigenvalue weighted by Crippen LogP contribution is -2.24. The molecule has 2 aromatic heterocycles. The Hall–Kier alpha value is -3.74. The first-order valence-electron chi connectivity index (χ1n) is 9.29. The average molecular weight is 387 g/mol. The Morgan fingerprint density at radius 1 is 1.00 bits per heavy atom. The number of benzene rings is 2. The Kier molecular flexibility index (Phi) is 4.50. The summed E-state index contributed by atoms with van der Waals surface area (Å²) < 4.78 is 1.90. The minimum absolute atomic E-state index is 0.0581. The third-order valence-corrected chi connectivity index (χ3v) is 4.57. The molecule has 2 aromatic carbocycles. The first-order valence-corrected chi connectivity index (χ1v) is 9.29. The minimum atomic E-state index is -0.407. The molecule has 0 fully saturated rings. The molecule has 0 spiro atoms. The minimum Gasteiger partial charge on any atom is -0.325 e. The zero-order valence-electron chi connectivity index (χ0n) is 16.5. The fourth-order valence-electron chi connectivity index (χ4n) is 3.14. The Bertz CT molecular complexity index is 1190. The summed E-state index contributed by atoms with van der Waals surface area (Å²) in [6.45, 7) is 6.20. The van der Waals surface area contributed by atoms with Crippen molar-refractivity contribution in [2.24, 2.45) is 0 Å². The van der Waals surface area contributed by atoms with Gasteiger partial charge >= 0.3 is 0 Å². The van der Waals surface area contributed by atoms with Crippen molar-refractivity contribution >= 4 is 28.2 Å². The van der Waals surface area contributed by atoms with Crippen LogP contribution in [0.5, 0.6) is 0 Å². The predicted molar refractivity (Wildman–Crippen MR) is 114 cm³/mol. The van der Waals surface area contributed by atoms with Crippen LogP contribution in [0.4, 0.5) is 17.3 Å². The monoisotopic (exact) mass is 387 g/mol. The Morgan fingerprint density at radius 2 is 1.72 bits per heavy atom. The lowest BCUT2D eigenvalue weighted by molar-refractivity contribution is -0.384. The van der Waals surface area contributed by atoms with Crippen molar-refractivity contribution in [1.82, 2.24) is 14.8 Å². The van der Waals surface area contributed by atoms with E-state index in [4.69, 9.17) is 5.10 Å². The maximum Gasteiger partial charge on any atom is 0.269 e. The van der Waals surface area contributed by atoms with Gasteiger partial charge in [0.25, 0.3) is 5.69 Å². The highest BCUT2D eigenvalue weighted by molar-refractivity contribution is 5.80. The van der Waals surface area contributed by atoms with Gasteiger partial charge in [-0.2, -0.15) is 5.10 Å². The second-order valence-corrected chi connectivity index (χ2v) is 7.82. The van der Waals surface area contributed by atoms with Crippen molar-refractivity contribution in [1.29, 1.82) is 0 Å². The van der Waals surface area contributed by atoms with Gasteiger partial charge in [-0.3, -0.25) is 10.1 Å². The molecule has 7 nitrogen and oxygen atoms in total. The molecule has 0 atom stereocenters. The largest absolute Gasteiger partial charge is 0.325 e. The van der Waals surface area contributed by atoms with Gasteiger partial charge in [0.1, 0.15) is 11.6 Å². The number of aromatic nitrogens is 3. The smallest absolute Gasteiger partial charge is 0.269 e. The van der Waals surface area contributed by atoms with E-state index in [0.29, 0.717) is 0 Å². The van der Waals surface area contributed by atoms with Crippen LogP contribution in [0.3, 0.4) is 0 Å². The number of nitrogens with one attached hydrogen (secondary N) is 1. The molecule has 0 saturated heterocycles. The van der Waals surface area contributed by atoms with E-state index in [-0.39, 0.29) is 11.2 Å². The molecule has 1 N–H and O–H groups in total. The highest BCUT2D eigenvalue weighted by Gasteiger charge is 2.21. The SMILES string of the molecule is CC(C)(C)n1nc(-c2ccc([N+](=O)[O-])cc2)cc1Nc1ccc2ccccc2n1. The van der Waals surface area contributed by atoms with Crippen LogP contribution in [0.1, 0.15) is 20.8 Å². The molecule has 0 radical (unpaired) electrons. The quantitative estimate of drug-likeness (QED) is 0.369. The summed E-state index contributed by atoms with van der Waals surface area (Å²) in [5, 5.41) is 20.1. The van der Waals surface area contributed by atoms with Crippen LogP contribution in [-0.2, 0) is 5.54 Å². The Labute approximate surface area is 168 Å². The van der Waals surface area contributed by atoms with E-state index in [1.54, 1.807) is 12.1 Å². The van der Waals surface area contributed by atoms with Crippen molar-refractivity contribution in [2.45, 2.75) is 26.3 Å². The molecule has 146 valence electrons. The van der Waals surface area contributed by atoms with Crippen molar-refractivity contribution in [2.75, 3.05) is 5.32 Å². The maximum atomic E-state index is 10.9. The van der Waals surface area contributed by atoms with Gasteiger partial charge in [0.05, 0.1) is 21.7 Å². The number of pyridine rings is 1. The molecule has 0 aliphatic rings.